The van der Waals surface area contributed by atoms with Gasteiger partial charge in [-0.25, -0.2) is 18.2 Å². The first-order valence-electron chi connectivity index (χ1n) is 24.6. The number of aryl methyl sites for hydroxylation is 1. The number of fused-ring (bicyclic) bond motifs is 1. The number of likely N-dealkylation sites (tertiary alicyclic amines) is 2. The van der Waals surface area contributed by atoms with Crippen LogP contribution in [0.3, 0.4) is 0 Å². The van der Waals surface area contributed by atoms with E-state index in [2.05, 4.69) is 46.2 Å². The lowest BCUT2D eigenvalue weighted by Crippen LogP contribution is -2.57. The van der Waals surface area contributed by atoms with Crippen molar-refractivity contribution < 1.29 is 46.7 Å². The van der Waals surface area contributed by atoms with Gasteiger partial charge in [0.2, 0.25) is 17.8 Å². The number of anilines is 5. The van der Waals surface area contributed by atoms with Crippen LogP contribution in [0.15, 0.2) is 70.8 Å². The number of ether oxygens (including phenoxy) is 2. The number of benzene rings is 3. The summed E-state index contributed by atoms with van der Waals surface area (Å²) in [5.41, 5.74) is 11.9. The average molecular weight is 1120 g/mol. The molecule has 3 aromatic carbocycles. The Morgan fingerprint density at radius 2 is 1.67 bits per heavy atom. The molecular weight excluding hydrogens is 1060 g/mol. The van der Waals surface area contributed by atoms with Crippen LogP contribution in [-0.4, -0.2) is 143 Å². The molecule has 7 rings (SSSR count). The zero-order chi connectivity index (χ0) is 54.7. The second-order valence-electron chi connectivity index (χ2n) is 18.5. The summed E-state index contributed by atoms with van der Waals surface area (Å²) >= 11 is 6.51. The van der Waals surface area contributed by atoms with Crippen LogP contribution in [0.2, 0.25) is 5.02 Å². The van der Waals surface area contributed by atoms with Crippen molar-refractivity contribution in [3.05, 3.63) is 98.5 Å². The first-order valence-corrected chi connectivity index (χ1v) is 29.0. The van der Waals surface area contributed by atoms with Crippen molar-refractivity contribution in [2.75, 3.05) is 73.3 Å². The van der Waals surface area contributed by atoms with Crippen molar-refractivity contribution in [1.29, 1.82) is 0 Å². The van der Waals surface area contributed by atoms with E-state index >= 15 is 0 Å². The van der Waals surface area contributed by atoms with E-state index in [9.17, 15) is 37.2 Å². The summed E-state index contributed by atoms with van der Waals surface area (Å²) in [5, 5.41) is 15.4. The molecule has 4 heterocycles. The lowest BCUT2D eigenvalue weighted by atomic mass is 9.86. The molecule has 0 saturated carbocycles. The summed E-state index contributed by atoms with van der Waals surface area (Å²) in [7, 11) is -0.867. The van der Waals surface area contributed by atoms with Crippen LogP contribution in [-0.2, 0) is 29.0 Å². The van der Waals surface area contributed by atoms with Crippen LogP contribution in [0.5, 0.6) is 5.75 Å². The van der Waals surface area contributed by atoms with Crippen LogP contribution in [0.4, 0.5) is 33.6 Å². The van der Waals surface area contributed by atoms with Crippen LogP contribution in [0, 0.1) is 6.92 Å². The van der Waals surface area contributed by atoms with Gasteiger partial charge in [-0.05, 0) is 126 Å². The topological polar surface area (TPSA) is 287 Å². The molecule has 0 radical (unpaired) electrons. The number of nitrogens with zero attached hydrogens (tertiary/aromatic N) is 8. The van der Waals surface area contributed by atoms with E-state index in [4.69, 9.17) is 26.6 Å². The van der Waals surface area contributed by atoms with Gasteiger partial charge in [-0.2, -0.15) is 9.88 Å². The Balaban J connectivity index is 0.895. The molecule has 4 N–H and O–H groups in total. The van der Waals surface area contributed by atoms with E-state index in [1.165, 1.54) is 33.9 Å². The molecule has 1 unspecified atom stereocenters. The second-order valence-corrected chi connectivity index (χ2v) is 24.1. The molecule has 76 heavy (non-hydrogen) atoms. The average Bonchev–Trinajstić information content (AvgIpc) is 3.66. The van der Waals surface area contributed by atoms with Crippen LogP contribution < -0.4 is 26.0 Å². The van der Waals surface area contributed by atoms with Crippen molar-refractivity contribution in [2.24, 2.45) is 5.11 Å². The number of imide groups is 4. The van der Waals surface area contributed by atoms with E-state index in [1.54, 1.807) is 50.2 Å². The van der Waals surface area contributed by atoms with Crippen molar-refractivity contribution in [2.45, 2.75) is 88.5 Å². The highest BCUT2D eigenvalue weighted by molar-refractivity contribution is 8.76. The summed E-state index contributed by atoms with van der Waals surface area (Å²) in [6.07, 6.45) is 1.24. The number of hydrogen-bond donors (Lipinski definition) is 4. The summed E-state index contributed by atoms with van der Waals surface area (Å²) in [5.74, 6) is -1.40. The fourth-order valence-corrected chi connectivity index (χ4v) is 11.9. The standard InChI is InChI=1S/C50H59ClN12O10S3/c1-29(2)73-40-26-34(31(5)25-38(40)58-49-55-27-35(51)45(59-49)57-36-10-6-7-12-41(36)76(70,71)30(3)4)32-15-20-61(21-16-32)28-42(64)54-18-17-53-37-11-8-9-33-44(37)48(68)62(46(33)66)39-13-14-43(65)63(47(39)67)50(69)72-22-24-75-74-23-19-56-60-52/h6-12,25-27,29-30,32,39,53H,13-24,28H2,1-5H3,(H,54,64)(H2,55,57,58,59). The van der Waals surface area contributed by atoms with Crippen LogP contribution in [0.1, 0.15) is 91.1 Å². The second kappa shape index (κ2) is 25.9. The predicted molar refractivity (Wildman–Crippen MR) is 291 cm³/mol. The van der Waals surface area contributed by atoms with E-state index < -0.39 is 50.9 Å². The summed E-state index contributed by atoms with van der Waals surface area (Å²) in [6.45, 7) is 11.3. The number of nitrogens with one attached hydrogen (secondary N) is 4. The maximum atomic E-state index is 13.9. The van der Waals surface area contributed by atoms with Gasteiger partial charge >= 0.3 is 6.09 Å². The molecule has 1 aromatic heterocycles. The minimum atomic E-state index is -3.62. The number of rotatable bonds is 23. The lowest BCUT2D eigenvalue weighted by Gasteiger charge is -2.33. The number of aromatic nitrogens is 2. The highest BCUT2D eigenvalue weighted by atomic mass is 35.5. The molecule has 22 nitrogen and oxygen atoms in total. The smallest absolute Gasteiger partial charge is 0.423 e. The van der Waals surface area contributed by atoms with Crippen molar-refractivity contribution in [3.8, 4) is 5.75 Å². The van der Waals surface area contributed by atoms with E-state index in [0.29, 0.717) is 58.9 Å². The molecule has 0 aliphatic carbocycles. The molecule has 3 aliphatic heterocycles. The van der Waals surface area contributed by atoms with Gasteiger partial charge in [0.25, 0.3) is 17.7 Å². The zero-order valence-electron chi connectivity index (χ0n) is 42.5. The summed E-state index contributed by atoms with van der Waals surface area (Å²) in [6, 6.07) is 13.9. The van der Waals surface area contributed by atoms with Gasteiger partial charge in [-0.1, -0.05) is 56.5 Å². The fourth-order valence-electron chi connectivity index (χ4n) is 8.89. The Kier molecular flexibility index (Phi) is 19.5. The van der Waals surface area contributed by atoms with Gasteiger partial charge in [-0.15, -0.1) is 0 Å². The molecule has 4 aromatic rings. The SMILES string of the molecule is Cc1cc(Nc2ncc(Cl)c(Nc3ccccc3S(=O)(=O)C(C)C)n2)c(OC(C)C)cc1C1CCN(CC(=O)NCCNc2cccc3c2C(=O)N(C2CCC(=O)N(C(=O)OCCSSCCN=[N+]=[N-])C2=O)C3=O)CC1. The third-order valence-corrected chi connectivity index (χ3v) is 17.4. The first kappa shape index (κ1) is 57.1. The highest BCUT2D eigenvalue weighted by Crippen LogP contribution is 2.39. The largest absolute Gasteiger partial charge is 0.489 e. The zero-order valence-corrected chi connectivity index (χ0v) is 45.7. The molecule has 26 heteroatoms. The number of azide groups is 1. The first-order chi connectivity index (χ1) is 36.4. The number of sulfone groups is 1. The normalized spacial score (nSPS) is 16.2. The number of halogens is 1. The Labute approximate surface area is 453 Å². The Morgan fingerprint density at radius 1 is 0.934 bits per heavy atom. The maximum Gasteiger partial charge on any atom is 0.423 e. The number of para-hydroxylation sites is 1. The van der Waals surface area contributed by atoms with Crippen molar-refractivity contribution in [1.82, 2.24) is 30.0 Å². The van der Waals surface area contributed by atoms with E-state index in [0.717, 1.165) is 28.9 Å². The van der Waals surface area contributed by atoms with E-state index in [1.807, 2.05) is 32.9 Å². The Morgan fingerprint density at radius 3 is 2.41 bits per heavy atom. The number of carbonyl (C=O) groups excluding carboxylic acids is 6. The highest BCUT2D eigenvalue weighted by Gasteiger charge is 2.49. The molecule has 0 spiro atoms. The number of amides is 6. The third kappa shape index (κ3) is 13.7. The lowest BCUT2D eigenvalue weighted by molar-refractivity contribution is -0.149. The molecule has 6 amide bonds. The van der Waals surface area contributed by atoms with Crippen LogP contribution >= 0.6 is 33.2 Å². The third-order valence-electron chi connectivity index (χ3n) is 12.6. The molecule has 404 valence electrons. The van der Waals surface area contributed by atoms with Gasteiger partial charge in [0.15, 0.2) is 15.7 Å². The molecule has 1 atom stereocenters. The Bertz CT molecular complexity index is 3030. The number of carbonyl (C=O) groups is 6. The monoisotopic (exact) mass is 1120 g/mol. The number of piperidine rings is 2. The molecule has 0 bridgehead atoms. The van der Waals surface area contributed by atoms with Crippen molar-refractivity contribution in [3.63, 3.8) is 0 Å². The van der Waals surface area contributed by atoms with Gasteiger partial charge in [0, 0.05) is 48.2 Å². The minimum Gasteiger partial charge on any atom is -0.489 e. The maximum absolute atomic E-state index is 13.9. The molecule has 3 aliphatic rings. The van der Waals surface area contributed by atoms with Crippen LogP contribution in [0.25, 0.3) is 10.4 Å². The van der Waals surface area contributed by atoms with Gasteiger partial charge in [0.1, 0.15) is 23.4 Å². The summed E-state index contributed by atoms with van der Waals surface area (Å²) in [4.78, 5) is 94.9. The van der Waals surface area contributed by atoms with Gasteiger partial charge in [0.05, 0.1) is 51.5 Å². The van der Waals surface area contributed by atoms with Crippen molar-refractivity contribution >= 4 is 107 Å². The van der Waals surface area contributed by atoms with Gasteiger partial charge in [-0.3, -0.25) is 33.8 Å². The van der Waals surface area contributed by atoms with E-state index in [-0.39, 0.29) is 89.8 Å². The fraction of sp³-hybridized carbons (Fsp3) is 0.440. The quantitative estimate of drug-likeness (QED) is 0.0136. The minimum absolute atomic E-state index is 0.0407. The van der Waals surface area contributed by atoms with Gasteiger partial charge < -0.3 is 30.7 Å². The number of hydrogen-bond acceptors (Lipinski definition) is 19. The molecule has 2 fully saturated rings. The summed E-state index contributed by atoms with van der Waals surface area (Å²) < 4.78 is 37.7. The Hall–Kier alpha value is -6.63. The molecule has 2 saturated heterocycles. The predicted octanol–water partition coefficient (Wildman–Crippen LogP) is 8.24. The molecular formula is C50H59ClN12O10S3.